The second-order valence-corrected chi connectivity index (χ2v) is 4.27. The number of amides is 1. The predicted molar refractivity (Wildman–Crippen MR) is 72.1 cm³/mol. The molecule has 0 aliphatic carbocycles. The van der Waals surface area contributed by atoms with Crippen LogP contribution >= 0.6 is 0 Å². The molecule has 18 heavy (non-hydrogen) atoms. The van der Waals surface area contributed by atoms with E-state index in [1.54, 1.807) is 0 Å². The number of hydrogen-bond acceptors (Lipinski definition) is 3. The first-order chi connectivity index (χ1) is 8.71. The molecule has 1 rings (SSSR count). The fourth-order valence-electron chi connectivity index (χ4n) is 1.70. The maximum Gasteiger partial charge on any atom is 0.274 e. The van der Waals surface area contributed by atoms with Crippen molar-refractivity contribution in [3.05, 3.63) is 29.8 Å². The van der Waals surface area contributed by atoms with Gasteiger partial charge < -0.3 is 4.74 Å². The van der Waals surface area contributed by atoms with Crippen LogP contribution < -0.4 is 16.0 Å². The summed E-state index contributed by atoms with van der Waals surface area (Å²) in [5.74, 6) is 5.50. The van der Waals surface area contributed by atoms with Crippen LogP contribution in [0.4, 0.5) is 0 Å². The molecule has 0 saturated heterocycles. The van der Waals surface area contributed by atoms with E-state index in [4.69, 9.17) is 10.6 Å². The Morgan fingerprint density at radius 2 is 2.00 bits per heavy atom. The fraction of sp³-hybridized carbons (Fsp3) is 0.500. The molecule has 0 aliphatic rings. The van der Waals surface area contributed by atoms with E-state index in [2.05, 4.69) is 12.3 Å². The van der Waals surface area contributed by atoms with Gasteiger partial charge in [0.25, 0.3) is 5.91 Å². The zero-order valence-electron chi connectivity index (χ0n) is 11.1. The highest BCUT2D eigenvalue weighted by Gasteiger charge is 2.16. The summed E-state index contributed by atoms with van der Waals surface area (Å²) in [7, 11) is 0. The number of ether oxygens (including phenoxy) is 1. The maximum absolute atomic E-state index is 11.4. The molecule has 1 amide bonds. The van der Waals surface area contributed by atoms with Crippen molar-refractivity contribution in [3.63, 3.8) is 0 Å². The van der Waals surface area contributed by atoms with Gasteiger partial charge in [0, 0.05) is 0 Å². The van der Waals surface area contributed by atoms with Gasteiger partial charge in [0.05, 0.1) is 0 Å². The molecule has 0 aliphatic heterocycles. The average molecular weight is 250 g/mol. The first-order valence-electron chi connectivity index (χ1n) is 6.47. The molecule has 4 nitrogen and oxygen atoms in total. The van der Waals surface area contributed by atoms with Crippen molar-refractivity contribution >= 4 is 5.91 Å². The number of carbonyl (C=O) groups excluding carboxylic acids is 1. The van der Waals surface area contributed by atoms with Gasteiger partial charge in [-0.3, -0.25) is 10.2 Å². The Morgan fingerprint density at radius 3 is 2.50 bits per heavy atom. The summed E-state index contributed by atoms with van der Waals surface area (Å²) >= 11 is 0. The normalized spacial score (nSPS) is 11.9. The van der Waals surface area contributed by atoms with Crippen LogP contribution in [-0.4, -0.2) is 12.0 Å². The third kappa shape index (κ3) is 4.37. The molecule has 1 aromatic carbocycles. The van der Waals surface area contributed by atoms with E-state index in [1.165, 1.54) is 18.4 Å². The molecule has 0 fully saturated rings. The summed E-state index contributed by atoms with van der Waals surface area (Å²) in [5.41, 5.74) is 3.40. The molecule has 0 radical (unpaired) electrons. The SMILES string of the molecule is CCCCc1ccc(OC(CC)C(=O)NN)cc1. The molecular weight excluding hydrogens is 228 g/mol. The lowest BCUT2D eigenvalue weighted by Crippen LogP contribution is -2.41. The van der Waals surface area contributed by atoms with Crippen LogP contribution in [0.2, 0.25) is 0 Å². The van der Waals surface area contributed by atoms with Gasteiger partial charge >= 0.3 is 0 Å². The highest BCUT2D eigenvalue weighted by atomic mass is 16.5. The van der Waals surface area contributed by atoms with Gasteiger partial charge in [-0.1, -0.05) is 32.4 Å². The van der Waals surface area contributed by atoms with Crippen molar-refractivity contribution in [1.82, 2.24) is 5.43 Å². The summed E-state index contributed by atoms with van der Waals surface area (Å²) in [5, 5.41) is 0. The molecule has 100 valence electrons. The van der Waals surface area contributed by atoms with Crippen LogP contribution in [0, 0.1) is 0 Å². The topological polar surface area (TPSA) is 64.3 Å². The highest BCUT2D eigenvalue weighted by molar-refractivity contribution is 5.80. The molecule has 0 aromatic heterocycles. The van der Waals surface area contributed by atoms with Crippen LogP contribution in [0.25, 0.3) is 0 Å². The molecule has 0 heterocycles. The molecule has 0 saturated carbocycles. The lowest BCUT2D eigenvalue weighted by molar-refractivity contribution is -0.128. The molecule has 1 unspecified atom stereocenters. The zero-order chi connectivity index (χ0) is 13.4. The second kappa shape index (κ2) is 7.71. The van der Waals surface area contributed by atoms with E-state index in [0.717, 1.165) is 6.42 Å². The Labute approximate surface area is 108 Å². The summed E-state index contributed by atoms with van der Waals surface area (Å²) in [4.78, 5) is 11.4. The number of benzene rings is 1. The Kier molecular flexibility index (Phi) is 6.22. The molecule has 0 spiro atoms. The van der Waals surface area contributed by atoms with Gasteiger partial charge in [0.15, 0.2) is 6.10 Å². The van der Waals surface area contributed by atoms with Crippen LogP contribution in [0.5, 0.6) is 5.75 Å². The lowest BCUT2D eigenvalue weighted by Gasteiger charge is -2.15. The van der Waals surface area contributed by atoms with Gasteiger partial charge in [0.2, 0.25) is 0 Å². The van der Waals surface area contributed by atoms with E-state index >= 15 is 0 Å². The second-order valence-electron chi connectivity index (χ2n) is 4.27. The third-order valence-corrected chi connectivity index (χ3v) is 2.83. The number of aryl methyl sites for hydroxylation is 1. The molecule has 3 N–H and O–H groups in total. The smallest absolute Gasteiger partial charge is 0.274 e. The Hall–Kier alpha value is -1.55. The molecule has 1 atom stereocenters. The number of hydrogen-bond donors (Lipinski definition) is 2. The number of nitrogens with two attached hydrogens (primary N) is 1. The minimum atomic E-state index is -0.531. The fourth-order valence-corrected chi connectivity index (χ4v) is 1.70. The van der Waals surface area contributed by atoms with Crippen LogP contribution in [-0.2, 0) is 11.2 Å². The number of unbranched alkanes of at least 4 members (excludes halogenated alkanes) is 1. The van der Waals surface area contributed by atoms with Gasteiger partial charge in [-0.15, -0.1) is 0 Å². The number of nitrogens with one attached hydrogen (secondary N) is 1. The monoisotopic (exact) mass is 250 g/mol. The van der Waals surface area contributed by atoms with Crippen LogP contribution in [0.1, 0.15) is 38.7 Å². The van der Waals surface area contributed by atoms with Crippen molar-refractivity contribution in [1.29, 1.82) is 0 Å². The van der Waals surface area contributed by atoms with Crippen molar-refractivity contribution < 1.29 is 9.53 Å². The van der Waals surface area contributed by atoms with E-state index in [-0.39, 0.29) is 5.91 Å². The summed E-state index contributed by atoms with van der Waals surface area (Å²) in [6, 6.07) is 7.88. The van der Waals surface area contributed by atoms with Gasteiger partial charge in [-0.05, 0) is 37.0 Å². The van der Waals surface area contributed by atoms with E-state index in [9.17, 15) is 4.79 Å². The standard InChI is InChI=1S/C14H22N2O2/c1-3-5-6-11-7-9-12(10-8-11)18-13(4-2)14(17)16-15/h7-10,13H,3-6,15H2,1-2H3,(H,16,17). The lowest BCUT2D eigenvalue weighted by atomic mass is 10.1. The number of hydrazine groups is 1. The first-order valence-corrected chi connectivity index (χ1v) is 6.47. The Balaban J connectivity index is 2.59. The molecule has 4 heteroatoms. The Bertz CT molecular complexity index is 363. The van der Waals surface area contributed by atoms with Crippen molar-refractivity contribution in [2.45, 2.75) is 45.6 Å². The minimum Gasteiger partial charge on any atom is -0.481 e. The summed E-state index contributed by atoms with van der Waals surface area (Å²) in [6.45, 7) is 4.06. The van der Waals surface area contributed by atoms with Gasteiger partial charge in [0.1, 0.15) is 5.75 Å². The molecule has 0 bridgehead atoms. The predicted octanol–water partition coefficient (Wildman–Crippen LogP) is 2.18. The van der Waals surface area contributed by atoms with Gasteiger partial charge in [-0.2, -0.15) is 0 Å². The van der Waals surface area contributed by atoms with Crippen molar-refractivity contribution in [3.8, 4) is 5.75 Å². The summed E-state index contributed by atoms with van der Waals surface area (Å²) in [6.07, 6.45) is 3.51. The largest absolute Gasteiger partial charge is 0.481 e. The molecule has 1 aromatic rings. The van der Waals surface area contributed by atoms with Crippen LogP contribution in [0.15, 0.2) is 24.3 Å². The van der Waals surface area contributed by atoms with Crippen LogP contribution in [0.3, 0.4) is 0 Å². The zero-order valence-corrected chi connectivity index (χ0v) is 11.1. The number of rotatable bonds is 7. The highest BCUT2D eigenvalue weighted by Crippen LogP contribution is 2.16. The molecular formula is C14H22N2O2. The third-order valence-electron chi connectivity index (χ3n) is 2.83. The Morgan fingerprint density at radius 1 is 1.33 bits per heavy atom. The van der Waals surface area contributed by atoms with Crippen molar-refractivity contribution in [2.75, 3.05) is 0 Å². The van der Waals surface area contributed by atoms with E-state index in [0.29, 0.717) is 12.2 Å². The first kappa shape index (κ1) is 14.5. The minimum absolute atomic E-state index is 0.299. The maximum atomic E-state index is 11.4. The summed E-state index contributed by atoms with van der Waals surface area (Å²) < 4.78 is 5.58. The average Bonchev–Trinajstić information content (AvgIpc) is 2.43. The van der Waals surface area contributed by atoms with E-state index in [1.807, 2.05) is 31.2 Å². The van der Waals surface area contributed by atoms with E-state index < -0.39 is 6.10 Å². The van der Waals surface area contributed by atoms with Gasteiger partial charge in [-0.25, -0.2) is 5.84 Å². The van der Waals surface area contributed by atoms with Crippen molar-refractivity contribution in [2.24, 2.45) is 5.84 Å². The quantitative estimate of drug-likeness (QED) is 0.443. The number of carbonyl (C=O) groups is 1.